The molecular weight excluding hydrogens is 354 g/mol. The number of aliphatic imine (C=N–C) groups is 1. The highest BCUT2D eigenvalue weighted by atomic mass is 35.5. The number of guanidine groups is 1. The molecule has 0 saturated heterocycles. The van der Waals surface area contributed by atoms with Gasteiger partial charge in [-0.2, -0.15) is 0 Å². The summed E-state index contributed by atoms with van der Waals surface area (Å²) in [6.07, 6.45) is 0. The van der Waals surface area contributed by atoms with Crippen LogP contribution in [0.3, 0.4) is 0 Å². The van der Waals surface area contributed by atoms with Gasteiger partial charge >= 0.3 is 5.97 Å². The summed E-state index contributed by atoms with van der Waals surface area (Å²) in [5.41, 5.74) is 7.82. The second-order valence-corrected chi connectivity index (χ2v) is 6.00. The van der Waals surface area contributed by atoms with Crippen LogP contribution < -0.4 is 11.1 Å². The molecule has 1 unspecified atom stereocenters. The first-order valence-electron chi connectivity index (χ1n) is 8.07. The minimum Gasteiger partial charge on any atom is -0.506 e. The van der Waals surface area contributed by atoms with Crippen molar-refractivity contribution in [2.45, 2.75) is 13.0 Å². The van der Waals surface area contributed by atoms with Gasteiger partial charge in [-0.1, -0.05) is 54.1 Å². The molecule has 1 aliphatic rings. The number of phenols is 1. The van der Waals surface area contributed by atoms with Crippen LogP contribution in [0.4, 0.5) is 0 Å². The molecular formula is C19H18ClN3O3. The zero-order chi connectivity index (χ0) is 18.7. The molecule has 0 aromatic heterocycles. The Morgan fingerprint density at radius 3 is 2.69 bits per heavy atom. The van der Waals surface area contributed by atoms with Crippen LogP contribution in [-0.4, -0.2) is 23.6 Å². The van der Waals surface area contributed by atoms with Gasteiger partial charge in [-0.05, 0) is 18.6 Å². The third-order valence-corrected chi connectivity index (χ3v) is 4.24. The number of phenolic OH excluding ortho intramolecular Hbond substituents is 1. The smallest absolute Gasteiger partial charge is 0.338 e. The number of nitrogens with zero attached hydrogens (tertiary/aromatic N) is 1. The van der Waals surface area contributed by atoms with Crippen molar-refractivity contribution in [3.8, 4) is 5.75 Å². The predicted octanol–water partition coefficient (Wildman–Crippen LogP) is 2.98. The Bertz CT molecular complexity index is 894. The number of carbonyl (C=O) groups excluding carboxylic acids is 1. The van der Waals surface area contributed by atoms with E-state index in [0.717, 1.165) is 5.56 Å². The maximum Gasteiger partial charge on any atom is 0.338 e. The standard InChI is InChI=1S/C19H18ClN3O3/c1-2-26-18(25)14-15(11-7-4-3-5-8-11)22-19(21)23-16(14)12-9-6-10-13(20)17(12)24/h3-10,16,24H,2H2,1H3,(H3,21,22,23). The lowest BCUT2D eigenvalue weighted by Crippen LogP contribution is -2.37. The fraction of sp³-hybridized carbons (Fsp3) is 0.158. The first kappa shape index (κ1) is 17.8. The number of halogens is 1. The summed E-state index contributed by atoms with van der Waals surface area (Å²) >= 11 is 6.03. The third-order valence-electron chi connectivity index (χ3n) is 3.93. The summed E-state index contributed by atoms with van der Waals surface area (Å²) < 4.78 is 5.23. The largest absolute Gasteiger partial charge is 0.506 e. The summed E-state index contributed by atoms with van der Waals surface area (Å²) in [7, 11) is 0. The number of aromatic hydroxyl groups is 1. The fourth-order valence-corrected chi connectivity index (χ4v) is 2.98. The van der Waals surface area contributed by atoms with Crippen molar-refractivity contribution in [3.05, 3.63) is 70.3 Å². The van der Waals surface area contributed by atoms with E-state index in [9.17, 15) is 9.90 Å². The normalized spacial score (nSPS) is 16.7. The van der Waals surface area contributed by atoms with Gasteiger partial charge in [0.15, 0.2) is 5.96 Å². The van der Waals surface area contributed by atoms with Crippen LogP contribution in [-0.2, 0) is 9.53 Å². The van der Waals surface area contributed by atoms with E-state index in [0.29, 0.717) is 11.3 Å². The maximum atomic E-state index is 12.7. The van der Waals surface area contributed by atoms with Crippen molar-refractivity contribution >= 4 is 29.2 Å². The lowest BCUT2D eigenvalue weighted by atomic mass is 9.93. The third kappa shape index (κ3) is 3.36. The van der Waals surface area contributed by atoms with Crippen molar-refractivity contribution in [1.29, 1.82) is 0 Å². The van der Waals surface area contributed by atoms with E-state index in [4.69, 9.17) is 22.1 Å². The topological polar surface area (TPSA) is 96.9 Å². The molecule has 26 heavy (non-hydrogen) atoms. The maximum absolute atomic E-state index is 12.7. The summed E-state index contributed by atoms with van der Waals surface area (Å²) in [5, 5.41) is 13.5. The molecule has 1 aliphatic heterocycles. The molecule has 0 radical (unpaired) electrons. The summed E-state index contributed by atoms with van der Waals surface area (Å²) in [6.45, 7) is 1.93. The molecule has 2 aromatic rings. The number of nitrogens with one attached hydrogen (secondary N) is 1. The molecule has 0 aliphatic carbocycles. The molecule has 2 aromatic carbocycles. The van der Waals surface area contributed by atoms with Gasteiger partial charge in [0.1, 0.15) is 11.8 Å². The first-order valence-corrected chi connectivity index (χ1v) is 8.45. The van der Waals surface area contributed by atoms with Crippen LogP contribution in [0.15, 0.2) is 59.1 Å². The number of hydrogen-bond donors (Lipinski definition) is 3. The molecule has 134 valence electrons. The quantitative estimate of drug-likeness (QED) is 0.718. The summed E-state index contributed by atoms with van der Waals surface area (Å²) in [4.78, 5) is 17.0. The second-order valence-electron chi connectivity index (χ2n) is 5.59. The molecule has 0 fully saturated rings. The van der Waals surface area contributed by atoms with Gasteiger partial charge in [-0.25, -0.2) is 9.79 Å². The number of benzene rings is 2. The Balaban J connectivity index is 2.23. The SMILES string of the molecule is CCOC(=O)C1=C(c2ccccc2)NC(N)=NC1c1cccc(Cl)c1O. The molecule has 0 saturated carbocycles. The first-order chi connectivity index (χ1) is 12.5. The molecule has 4 N–H and O–H groups in total. The number of carbonyl (C=O) groups is 1. The number of esters is 1. The highest BCUT2D eigenvalue weighted by molar-refractivity contribution is 6.32. The average Bonchev–Trinajstić information content (AvgIpc) is 2.64. The van der Waals surface area contributed by atoms with Crippen LogP contribution in [0.25, 0.3) is 5.70 Å². The molecule has 3 rings (SSSR count). The van der Waals surface area contributed by atoms with Gasteiger partial charge in [-0.3, -0.25) is 0 Å². The van der Waals surface area contributed by atoms with Gasteiger partial charge in [0, 0.05) is 5.56 Å². The fourth-order valence-electron chi connectivity index (χ4n) is 2.80. The van der Waals surface area contributed by atoms with E-state index in [1.54, 1.807) is 25.1 Å². The average molecular weight is 372 g/mol. The molecule has 1 atom stereocenters. The Labute approximate surface area is 156 Å². The number of hydrogen-bond acceptors (Lipinski definition) is 6. The van der Waals surface area contributed by atoms with Crippen LogP contribution >= 0.6 is 11.6 Å². The number of para-hydroxylation sites is 1. The Morgan fingerprint density at radius 1 is 1.27 bits per heavy atom. The van der Waals surface area contributed by atoms with E-state index in [1.807, 2.05) is 30.3 Å². The molecule has 1 heterocycles. The van der Waals surface area contributed by atoms with E-state index in [1.165, 1.54) is 0 Å². The van der Waals surface area contributed by atoms with Crippen molar-refractivity contribution in [1.82, 2.24) is 5.32 Å². The van der Waals surface area contributed by atoms with Gasteiger partial charge in [0.2, 0.25) is 0 Å². The van der Waals surface area contributed by atoms with E-state index in [2.05, 4.69) is 10.3 Å². The predicted molar refractivity (Wildman–Crippen MR) is 101 cm³/mol. The Morgan fingerprint density at radius 2 is 2.00 bits per heavy atom. The van der Waals surface area contributed by atoms with E-state index < -0.39 is 12.0 Å². The molecule has 6 nitrogen and oxygen atoms in total. The van der Waals surface area contributed by atoms with E-state index >= 15 is 0 Å². The van der Waals surface area contributed by atoms with Crippen LogP contribution in [0, 0.1) is 0 Å². The Hall–Kier alpha value is -2.99. The zero-order valence-corrected chi connectivity index (χ0v) is 14.8. The lowest BCUT2D eigenvalue weighted by molar-refractivity contribution is -0.138. The van der Waals surface area contributed by atoms with Crippen molar-refractivity contribution in [2.75, 3.05) is 6.61 Å². The van der Waals surface area contributed by atoms with Gasteiger partial charge < -0.3 is 20.9 Å². The van der Waals surface area contributed by atoms with Crippen molar-refractivity contribution < 1.29 is 14.6 Å². The molecule has 7 heteroatoms. The minimum atomic E-state index is -0.843. The molecule has 0 amide bonds. The minimum absolute atomic E-state index is 0.126. The van der Waals surface area contributed by atoms with Gasteiger partial charge in [-0.15, -0.1) is 0 Å². The molecule has 0 spiro atoms. The summed E-state index contributed by atoms with van der Waals surface area (Å²) in [5.74, 6) is -0.562. The van der Waals surface area contributed by atoms with Gasteiger partial charge in [0.05, 0.1) is 22.9 Å². The summed E-state index contributed by atoms with van der Waals surface area (Å²) in [6, 6.07) is 13.3. The second kappa shape index (κ2) is 7.49. The Kier molecular flexibility index (Phi) is 5.14. The highest BCUT2D eigenvalue weighted by Gasteiger charge is 2.33. The highest BCUT2D eigenvalue weighted by Crippen LogP contribution is 2.40. The van der Waals surface area contributed by atoms with Crippen LogP contribution in [0.2, 0.25) is 5.02 Å². The number of nitrogens with two attached hydrogens (primary N) is 1. The van der Waals surface area contributed by atoms with Crippen molar-refractivity contribution in [3.63, 3.8) is 0 Å². The van der Waals surface area contributed by atoms with E-state index in [-0.39, 0.29) is 28.9 Å². The lowest BCUT2D eigenvalue weighted by Gasteiger charge is -2.26. The van der Waals surface area contributed by atoms with Crippen molar-refractivity contribution in [2.24, 2.45) is 10.7 Å². The zero-order valence-electron chi connectivity index (χ0n) is 14.1. The molecule has 0 bridgehead atoms. The number of rotatable bonds is 4. The van der Waals surface area contributed by atoms with Gasteiger partial charge in [0.25, 0.3) is 0 Å². The van der Waals surface area contributed by atoms with Crippen LogP contribution in [0.5, 0.6) is 5.75 Å². The van der Waals surface area contributed by atoms with Crippen LogP contribution in [0.1, 0.15) is 24.1 Å². The monoisotopic (exact) mass is 371 g/mol. The number of ether oxygens (including phenoxy) is 1.